The fourth-order valence-electron chi connectivity index (χ4n) is 1.66. The van der Waals surface area contributed by atoms with E-state index in [1.807, 2.05) is 6.92 Å². The van der Waals surface area contributed by atoms with Gasteiger partial charge in [-0.2, -0.15) is 0 Å². The topological polar surface area (TPSA) is 55.4 Å². The molecule has 0 spiro atoms. The summed E-state index contributed by atoms with van der Waals surface area (Å²) in [7, 11) is 1.33. The maximum atomic E-state index is 11.7. The van der Waals surface area contributed by atoms with E-state index in [2.05, 4.69) is 10.1 Å². The predicted octanol–water partition coefficient (Wildman–Crippen LogP) is 0.856. The fraction of sp³-hybridized carbons (Fsp3) is 0.800. The van der Waals surface area contributed by atoms with Crippen LogP contribution in [0.4, 0.5) is 0 Å². The predicted molar refractivity (Wildman–Crippen MR) is 51.6 cm³/mol. The van der Waals surface area contributed by atoms with Gasteiger partial charge in [-0.25, -0.2) is 0 Å². The third kappa shape index (κ3) is 1.74. The summed E-state index contributed by atoms with van der Waals surface area (Å²) in [4.78, 5) is 23.1. The van der Waals surface area contributed by atoms with Gasteiger partial charge >= 0.3 is 5.97 Å². The van der Waals surface area contributed by atoms with Crippen molar-refractivity contribution in [2.45, 2.75) is 32.6 Å². The zero-order valence-electron chi connectivity index (χ0n) is 8.76. The van der Waals surface area contributed by atoms with Gasteiger partial charge in [0.05, 0.1) is 7.11 Å². The Hall–Kier alpha value is -1.06. The highest BCUT2D eigenvalue weighted by atomic mass is 16.5. The van der Waals surface area contributed by atoms with Gasteiger partial charge in [-0.3, -0.25) is 9.59 Å². The van der Waals surface area contributed by atoms with E-state index in [9.17, 15) is 9.59 Å². The summed E-state index contributed by atoms with van der Waals surface area (Å²) in [5.41, 5.74) is -0.871. The van der Waals surface area contributed by atoms with Crippen LogP contribution in [0.1, 0.15) is 32.6 Å². The minimum absolute atomic E-state index is 0.169. The Balaban J connectivity index is 2.60. The minimum Gasteiger partial charge on any atom is -0.468 e. The molecule has 0 heterocycles. The van der Waals surface area contributed by atoms with E-state index in [0.717, 1.165) is 12.8 Å². The van der Waals surface area contributed by atoms with Crippen LogP contribution in [0.2, 0.25) is 0 Å². The molecule has 1 aliphatic carbocycles. The lowest BCUT2D eigenvalue weighted by Gasteiger charge is -2.36. The Bertz CT molecular complexity index is 234. The average Bonchev–Trinajstić information content (AvgIpc) is 2.12. The van der Waals surface area contributed by atoms with Crippen LogP contribution in [0.5, 0.6) is 0 Å². The molecule has 0 aromatic rings. The molecule has 0 saturated heterocycles. The Morgan fingerprint density at radius 1 is 1.43 bits per heavy atom. The molecule has 0 bridgehead atoms. The molecular weight excluding hydrogens is 182 g/mol. The number of ether oxygens (including phenoxy) is 1. The van der Waals surface area contributed by atoms with Crippen molar-refractivity contribution < 1.29 is 14.3 Å². The molecule has 1 amide bonds. The van der Waals surface area contributed by atoms with Gasteiger partial charge in [0, 0.05) is 6.54 Å². The number of carbonyl (C=O) groups is 2. The van der Waals surface area contributed by atoms with Crippen molar-refractivity contribution in [3.8, 4) is 0 Å². The van der Waals surface area contributed by atoms with E-state index in [-0.39, 0.29) is 5.91 Å². The van der Waals surface area contributed by atoms with Crippen LogP contribution in [0.3, 0.4) is 0 Å². The first-order valence-corrected chi connectivity index (χ1v) is 5.04. The molecule has 1 fully saturated rings. The molecule has 0 atom stereocenters. The first kappa shape index (κ1) is 11.0. The van der Waals surface area contributed by atoms with Crippen molar-refractivity contribution in [1.82, 2.24) is 5.32 Å². The lowest BCUT2D eigenvalue weighted by molar-refractivity contribution is -0.165. The number of rotatable bonds is 4. The molecule has 0 radical (unpaired) electrons. The van der Waals surface area contributed by atoms with Crippen LogP contribution in [-0.4, -0.2) is 25.5 Å². The molecule has 4 heteroatoms. The lowest BCUT2D eigenvalue weighted by Crippen LogP contribution is -2.51. The molecule has 0 aliphatic heterocycles. The third-order valence-corrected chi connectivity index (χ3v) is 2.75. The maximum Gasteiger partial charge on any atom is 0.321 e. The molecule has 1 rings (SSSR count). The van der Waals surface area contributed by atoms with Gasteiger partial charge in [0.2, 0.25) is 5.91 Å². The second-order valence-corrected chi connectivity index (χ2v) is 3.68. The van der Waals surface area contributed by atoms with E-state index < -0.39 is 11.4 Å². The quantitative estimate of drug-likeness (QED) is 0.539. The highest BCUT2D eigenvalue weighted by molar-refractivity contribution is 6.03. The van der Waals surface area contributed by atoms with Gasteiger partial charge in [-0.1, -0.05) is 13.3 Å². The third-order valence-electron chi connectivity index (χ3n) is 2.75. The Morgan fingerprint density at radius 2 is 2.07 bits per heavy atom. The first-order chi connectivity index (χ1) is 6.67. The van der Waals surface area contributed by atoms with Gasteiger partial charge in [0.25, 0.3) is 0 Å². The van der Waals surface area contributed by atoms with Crippen LogP contribution in [0.25, 0.3) is 0 Å². The number of amides is 1. The molecule has 80 valence electrons. The van der Waals surface area contributed by atoms with E-state index in [4.69, 9.17) is 0 Å². The molecule has 0 unspecified atom stereocenters. The second kappa shape index (κ2) is 4.44. The highest BCUT2D eigenvalue weighted by Gasteiger charge is 2.51. The van der Waals surface area contributed by atoms with Crippen molar-refractivity contribution in [2.75, 3.05) is 13.7 Å². The normalized spacial score (nSPS) is 18.1. The van der Waals surface area contributed by atoms with Crippen LogP contribution in [0, 0.1) is 5.41 Å². The van der Waals surface area contributed by atoms with Crippen molar-refractivity contribution in [2.24, 2.45) is 5.41 Å². The number of nitrogens with one attached hydrogen (secondary N) is 1. The van der Waals surface area contributed by atoms with E-state index in [1.165, 1.54) is 7.11 Å². The van der Waals surface area contributed by atoms with Crippen molar-refractivity contribution in [3.05, 3.63) is 0 Å². The van der Waals surface area contributed by atoms with Crippen LogP contribution < -0.4 is 5.32 Å². The molecule has 1 N–H and O–H groups in total. The van der Waals surface area contributed by atoms with Gasteiger partial charge in [0.1, 0.15) is 5.41 Å². The summed E-state index contributed by atoms with van der Waals surface area (Å²) in [6.45, 7) is 2.60. The summed E-state index contributed by atoms with van der Waals surface area (Å²) in [5, 5.41) is 2.75. The number of hydrogen-bond donors (Lipinski definition) is 1. The fourth-order valence-corrected chi connectivity index (χ4v) is 1.66. The standard InChI is InChI=1S/C10H17NO3/c1-3-7-11-8(12)10(5-4-6-10)9(13)14-2/h3-7H2,1-2H3,(H,11,12). The van der Waals surface area contributed by atoms with Gasteiger partial charge < -0.3 is 10.1 Å². The molecular formula is C10H17NO3. The summed E-state index contributed by atoms with van der Waals surface area (Å²) in [6, 6.07) is 0. The van der Waals surface area contributed by atoms with E-state index in [0.29, 0.717) is 19.4 Å². The summed E-state index contributed by atoms with van der Waals surface area (Å²) in [6.07, 6.45) is 3.04. The summed E-state index contributed by atoms with van der Waals surface area (Å²) < 4.78 is 4.66. The monoisotopic (exact) mass is 199 g/mol. The molecule has 14 heavy (non-hydrogen) atoms. The lowest BCUT2D eigenvalue weighted by atomic mass is 9.68. The molecule has 1 aliphatic rings. The molecule has 0 aromatic carbocycles. The summed E-state index contributed by atoms with van der Waals surface area (Å²) >= 11 is 0. The van der Waals surface area contributed by atoms with Crippen LogP contribution in [-0.2, 0) is 14.3 Å². The average molecular weight is 199 g/mol. The first-order valence-electron chi connectivity index (χ1n) is 5.04. The Labute approximate surface area is 84.0 Å². The van der Waals surface area contributed by atoms with Crippen molar-refractivity contribution in [3.63, 3.8) is 0 Å². The highest BCUT2D eigenvalue weighted by Crippen LogP contribution is 2.42. The number of methoxy groups -OCH3 is 1. The zero-order chi connectivity index (χ0) is 10.6. The minimum atomic E-state index is -0.871. The number of esters is 1. The molecule has 1 saturated carbocycles. The van der Waals surface area contributed by atoms with Crippen LogP contribution in [0.15, 0.2) is 0 Å². The molecule has 4 nitrogen and oxygen atoms in total. The van der Waals surface area contributed by atoms with Crippen LogP contribution >= 0.6 is 0 Å². The van der Waals surface area contributed by atoms with Gasteiger partial charge in [0.15, 0.2) is 0 Å². The second-order valence-electron chi connectivity index (χ2n) is 3.68. The number of carbonyl (C=O) groups excluding carboxylic acids is 2. The summed E-state index contributed by atoms with van der Waals surface area (Å²) in [5.74, 6) is -0.560. The van der Waals surface area contributed by atoms with Crippen molar-refractivity contribution >= 4 is 11.9 Å². The smallest absolute Gasteiger partial charge is 0.321 e. The maximum absolute atomic E-state index is 11.7. The largest absolute Gasteiger partial charge is 0.468 e. The number of hydrogen-bond acceptors (Lipinski definition) is 3. The zero-order valence-corrected chi connectivity index (χ0v) is 8.76. The molecule has 0 aromatic heterocycles. The van der Waals surface area contributed by atoms with E-state index in [1.54, 1.807) is 0 Å². The van der Waals surface area contributed by atoms with Gasteiger partial charge in [-0.15, -0.1) is 0 Å². The Kier molecular flexibility index (Phi) is 3.49. The van der Waals surface area contributed by atoms with Gasteiger partial charge in [-0.05, 0) is 19.3 Å². The Morgan fingerprint density at radius 3 is 2.43 bits per heavy atom. The SMILES string of the molecule is CCCNC(=O)C1(C(=O)OC)CCC1. The van der Waals surface area contributed by atoms with E-state index >= 15 is 0 Å². The van der Waals surface area contributed by atoms with Crippen molar-refractivity contribution in [1.29, 1.82) is 0 Å².